The number of rotatable bonds is 7. The highest BCUT2D eigenvalue weighted by Gasteiger charge is 2.15. The monoisotopic (exact) mass is 443 g/mol. The van der Waals surface area contributed by atoms with Crippen molar-refractivity contribution in [3.05, 3.63) is 112 Å². The summed E-state index contributed by atoms with van der Waals surface area (Å²) in [6.45, 7) is 0.424. The zero-order chi connectivity index (χ0) is 22.3. The van der Waals surface area contributed by atoms with Gasteiger partial charge in [-0.1, -0.05) is 60.1 Å². The molecule has 6 heteroatoms. The lowest BCUT2D eigenvalue weighted by Gasteiger charge is -2.11. The fourth-order valence-corrected chi connectivity index (χ4v) is 3.50. The summed E-state index contributed by atoms with van der Waals surface area (Å²) in [5.41, 5.74) is 3.49. The van der Waals surface area contributed by atoms with Gasteiger partial charge in [0.25, 0.3) is 11.8 Å². The number of carbonyl (C=O) groups excluding carboxylic acids is 2. The topological polar surface area (TPSA) is 74.0 Å². The zero-order valence-electron chi connectivity index (χ0n) is 17.3. The Balaban J connectivity index is 1.54. The molecule has 5 nitrogen and oxygen atoms in total. The van der Waals surface area contributed by atoms with Crippen molar-refractivity contribution in [1.82, 2.24) is 15.6 Å². The van der Waals surface area contributed by atoms with Gasteiger partial charge in [-0.15, -0.1) is 0 Å². The minimum atomic E-state index is -0.353. The first-order valence-electron chi connectivity index (χ1n) is 10.3. The summed E-state index contributed by atoms with van der Waals surface area (Å²) in [6.07, 6.45) is 4.16. The van der Waals surface area contributed by atoms with Crippen molar-refractivity contribution in [2.45, 2.75) is 6.42 Å². The van der Waals surface area contributed by atoms with E-state index in [0.717, 1.165) is 22.0 Å². The minimum Gasteiger partial charge on any atom is -0.361 e. The third-order valence-corrected chi connectivity index (χ3v) is 5.31. The van der Waals surface area contributed by atoms with Crippen molar-refractivity contribution < 1.29 is 9.59 Å². The fraction of sp³-hybridized carbons (Fsp3) is 0.0769. The van der Waals surface area contributed by atoms with Crippen LogP contribution in [-0.4, -0.2) is 23.3 Å². The number of benzene rings is 3. The highest BCUT2D eigenvalue weighted by atomic mass is 35.5. The summed E-state index contributed by atoms with van der Waals surface area (Å²) in [7, 11) is 0. The molecule has 0 aliphatic rings. The summed E-state index contributed by atoms with van der Waals surface area (Å²) < 4.78 is 0. The van der Waals surface area contributed by atoms with E-state index in [9.17, 15) is 9.59 Å². The lowest BCUT2D eigenvalue weighted by atomic mass is 10.1. The van der Waals surface area contributed by atoms with Crippen LogP contribution in [0, 0.1) is 0 Å². The van der Waals surface area contributed by atoms with Crippen LogP contribution in [0.15, 0.2) is 90.8 Å². The molecule has 4 rings (SSSR count). The number of halogens is 1. The minimum absolute atomic E-state index is 0.180. The van der Waals surface area contributed by atoms with Crippen molar-refractivity contribution in [2.24, 2.45) is 0 Å². The second-order valence-electron chi connectivity index (χ2n) is 7.30. The molecule has 2 amide bonds. The molecule has 32 heavy (non-hydrogen) atoms. The van der Waals surface area contributed by atoms with E-state index in [2.05, 4.69) is 15.6 Å². The SMILES string of the molecule is O=C(NCCc1ccc(Cl)cc1)/C(=C/c1c[nH]c2ccccc12)NC(=O)c1ccccc1. The van der Waals surface area contributed by atoms with Crippen molar-refractivity contribution in [2.75, 3.05) is 6.54 Å². The van der Waals surface area contributed by atoms with E-state index in [4.69, 9.17) is 11.6 Å². The molecule has 0 radical (unpaired) electrons. The molecule has 4 aromatic rings. The van der Waals surface area contributed by atoms with Crippen LogP contribution in [0.5, 0.6) is 0 Å². The van der Waals surface area contributed by atoms with Crippen molar-refractivity contribution in [3.8, 4) is 0 Å². The second kappa shape index (κ2) is 9.98. The van der Waals surface area contributed by atoms with Gasteiger partial charge < -0.3 is 15.6 Å². The Hall–Kier alpha value is -3.83. The van der Waals surface area contributed by atoms with Crippen LogP contribution < -0.4 is 10.6 Å². The lowest BCUT2D eigenvalue weighted by Crippen LogP contribution is -2.35. The van der Waals surface area contributed by atoms with Crippen LogP contribution in [0.1, 0.15) is 21.5 Å². The molecule has 0 spiro atoms. The first-order chi connectivity index (χ1) is 15.6. The molecular weight excluding hydrogens is 422 g/mol. The smallest absolute Gasteiger partial charge is 0.267 e. The third kappa shape index (κ3) is 5.25. The van der Waals surface area contributed by atoms with E-state index in [-0.39, 0.29) is 17.5 Å². The van der Waals surface area contributed by atoms with Gasteiger partial charge in [0.1, 0.15) is 5.70 Å². The quantitative estimate of drug-likeness (QED) is 0.353. The van der Waals surface area contributed by atoms with Crippen LogP contribution in [0.2, 0.25) is 5.02 Å². The molecule has 1 aromatic heterocycles. The number of hydrogen-bond donors (Lipinski definition) is 3. The molecule has 0 fully saturated rings. The third-order valence-electron chi connectivity index (χ3n) is 5.06. The predicted octanol–water partition coefficient (Wildman–Crippen LogP) is 4.95. The van der Waals surface area contributed by atoms with Crippen molar-refractivity contribution >= 4 is 40.4 Å². The van der Waals surface area contributed by atoms with Crippen molar-refractivity contribution in [1.29, 1.82) is 0 Å². The molecule has 0 bridgehead atoms. The maximum Gasteiger partial charge on any atom is 0.267 e. The Morgan fingerprint density at radius 1 is 0.906 bits per heavy atom. The van der Waals surface area contributed by atoms with Gasteiger partial charge in [0, 0.05) is 39.8 Å². The summed E-state index contributed by atoms with van der Waals surface area (Å²) >= 11 is 5.93. The van der Waals surface area contributed by atoms with Crippen LogP contribution >= 0.6 is 11.6 Å². The number of amides is 2. The summed E-state index contributed by atoms with van der Waals surface area (Å²) in [4.78, 5) is 28.9. The fourth-order valence-electron chi connectivity index (χ4n) is 3.38. The van der Waals surface area contributed by atoms with Crippen LogP contribution in [0.3, 0.4) is 0 Å². The van der Waals surface area contributed by atoms with Crippen LogP contribution in [0.4, 0.5) is 0 Å². The maximum absolute atomic E-state index is 13.0. The average molecular weight is 444 g/mol. The molecule has 3 N–H and O–H groups in total. The molecule has 160 valence electrons. The molecule has 0 saturated carbocycles. The zero-order valence-corrected chi connectivity index (χ0v) is 18.0. The number of para-hydroxylation sites is 1. The number of fused-ring (bicyclic) bond motifs is 1. The second-order valence-corrected chi connectivity index (χ2v) is 7.74. The molecule has 3 aromatic carbocycles. The van der Waals surface area contributed by atoms with Gasteiger partial charge in [0.15, 0.2) is 0 Å². The molecule has 1 heterocycles. The lowest BCUT2D eigenvalue weighted by molar-refractivity contribution is -0.117. The summed E-state index contributed by atoms with van der Waals surface area (Å²) in [5.74, 6) is -0.696. The van der Waals surface area contributed by atoms with E-state index in [1.807, 2.05) is 60.8 Å². The van der Waals surface area contributed by atoms with Gasteiger partial charge in [0.2, 0.25) is 0 Å². The summed E-state index contributed by atoms with van der Waals surface area (Å²) in [6, 6.07) is 24.1. The summed E-state index contributed by atoms with van der Waals surface area (Å²) in [5, 5.41) is 7.31. The van der Waals surface area contributed by atoms with Gasteiger partial charge in [-0.05, 0) is 48.4 Å². The molecule has 0 aliphatic carbocycles. The highest BCUT2D eigenvalue weighted by molar-refractivity contribution is 6.30. The van der Waals surface area contributed by atoms with Crippen LogP contribution in [-0.2, 0) is 11.2 Å². The van der Waals surface area contributed by atoms with Gasteiger partial charge in [0.05, 0.1) is 0 Å². The Bertz CT molecular complexity index is 1260. The Morgan fingerprint density at radius 3 is 2.41 bits per heavy atom. The Labute approximate surface area is 191 Å². The highest BCUT2D eigenvalue weighted by Crippen LogP contribution is 2.20. The first kappa shape index (κ1) is 21.4. The predicted molar refractivity (Wildman–Crippen MR) is 128 cm³/mol. The molecule has 0 saturated heterocycles. The largest absolute Gasteiger partial charge is 0.361 e. The van der Waals surface area contributed by atoms with Gasteiger partial charge in [-0.25, -0.2) is 0 Å². The van der Waals surface area contributed by atoms with E-state index < -0.39 is 0 Å². The van der Waals surface area contributed by atoms with E-state index in [1.54, 1.807) is 30.3 Å². The maximum atomic E-state index is 13.0. The molecule has 0 atom stereocenters. The van der Waals surface area contributed by atoms with E-state index in [1.165, 1.54) is 0 Å². The van der Waals surface area contributed by atoms with Gasteiger partial charge in [-0.3, -0.25) is 9.59 Å². The average Bonchev–Trinajstić information content (AvgIpc) is 3.23. The normalized spacial score (nSPS) is 11.3. The van der Waals surface area contributed by atoms with Gasteiger partial charge >= 0.3 is 0 Å². The number of aromatic amines is 1. The number of hydrogen-bond acceptors (Lipinski definition) is 2. The van der Waals surface area contributed by atoms with Crippen LogP contribution in [0.25, 0.3) is 17.0 Å². The number of nitrogens with one attached hydrogen (secondary N) is 3. The number of carbonyl (C=O) groups is 2. The standard InChI is InChI=1S/C26H22ClN3O2/c27-21-12-10-18(11-13-21)14-15-28-26(32)24(30-25(31)19-6-2-1-3-7-19)16-20-17-29-23-9-5-4-8-22(20)23/h1-13,16-17,29H,14-15H2,(H,28,32)(H,30,31)/b24-16-. The molecule has 0 aliphatic heterocycles. The Morgan fingerprint density at radius 2 is 1.62 bits per heavy atom. The number of aromatic nitrogens is 1. The van der Waals surface area contributed by atoms with E-state index >= 15 is 0 Å². The van der Waals surface area contributed by atoms with Crippen molar-refractivity contribution in [3.63, 3.8) is 0 Å². The first-order valence-corrected chi connectivity index (χ1v) is 10.6. The molecule has 0 unspecified atom stereocenters. The molecular formula is C26H22ClN3O2. The Kier molecular flexibility index (Phi) is 6.68. The van der Waals surface area contributed by atoms with E-state index in [0.29, 0.717) is 23.6 Å². The van der Waals surface area contributed by atoms with Gasteiger partial charge in [-0.2, -0.15) is 0 Å². The number of H-pyrrole nitrogens is 1.